The van der Waals surface area contributed by atoms with Gasteiger partial charge in [-0.2, -0.15) is 0 Å². The summed E-state index contributed by atoms with van der Waals surface area (Å²) >= 11 is 0. The van der Waals surface area contributed by atoms with Gasteiger partial charge in [-0.15, -0.1) is 0 Å². The third kappa shape index (κ3) is 3.20. The predicted molar refractivity (Wildman–Crippen MR) is 66.1 cm³/mol. The van der Waals surface area contributed by atoms with Crippen LogP contribution in [-0.4, -0.2) is 42.1 Å². The molecule has 1 aliphatic rings. The van der Waals surface area contributed by atoms with E-state index in [9.17, 15) is 4.79 Å². The lowest BCUT2D eigenvalue weighted by atomic mass is 10.1. The molecule has 17 heavy (non-hydrogen) atoms. The van der Waals surface area contributed by atoms with Gasteiger partial charge >= 0.3 is 0 Å². The van der Waals surface area contributed by atoms with E-state index >= 15 is 0 Å². The maximum atomic E-state index is 11.9. The summed E-state index contributed by atoms with van der Waals surface area (Å²) < 4.78 is 0. The summed E-state index contributed by atoms with van der Waals surface area (Å²) in [7, 11) is 2.07. The molecule has 1 aromatic rings. The van der Waals surface area contributed by atoms with Gasteiger partial charge in [-0.1, -0.05) is 0 Å². The van der Waals surface area contributed by atoms with Gasteiger partial charge in [0.2, 0.25) is 0 Å². The third-order valence-corrected chi connectivity index (χ3v) is 3.09. The molecule has 1 heterocycles. The number of hydrogen-bond acceptors (Lipinski definition) is 3. The first-order valence-corrected chi connectivity index (χ1v) is 5.93. The molecular formula is C13H18N2O2. The largest absolute Gasteiger partial charge is 0.508 e. The molecule has 92 valence electrons. The summed E-state index contributed by atoms with van der Waals surface area (Å²) in [4.78, 5) is 14.1. The molecule has 1 fully saturated rings. The minimum atomic E-state index is -0.0645. The standard InChI is InChI=1S/C13H18N2O2/c1-15-8-2-3-11(9-15)14-13(17)10-4-6-12(16)7-5-10/h4-7,11,16H,2-3,8-9H2,1H3,(H,14,17). The molecule has 1 aromatic carbocycles. The van der Waals surface area contributed by atoms with E-state index in [0.717, 1.165) is 25.9 Å². The van der Waals surface area contributed by atoms with E-state index in [1.807, 2.05) is 0 Å². The van der Waals surface area contributed by atoms with Crippen LogP contribution < -0.4 is 5.32 Å². The van der Waals surface area contributed by atoms with Crippen molar-refractivity contribution in [1.29, 1.82) is 0 Å². The van der Waals surface area contributed by atoms with Gasteiger partial charge in [0.1, 0.15) is 5.75 Å². The van der Waals surface area contributed by atoms with Crippen LogP contribution in [0.5, 0.6) is 5.75 Å². The highest BCUT2D eigenvalue weighted by Gasteiger charge is 2.19. The minimum absolute atomic E-state index is 0.0645. The van der Waals surface area contributed by atoms with E-state index in [0.29, 0.717) is 5.56 Å². The Bertz CT molecular complexity index is 389. The van der Waals surface area contributed by atoms with Crippen molar-refractivity contribution in [1.82, 2.24) is 10.2 Å². The van der Waals surface area contributed by atoms with Gasteiger partial charge in [0.05, 0.1) is 0 Å². The second kappa shape index (κ2) is 5.19. The van der Waals surface area contributed by atoms with E-state index in [1.54, 1.807) is 12.1 Å². The number of likely N-dealkylation sites (tertiary alicyclic amines) is 1. The average Bonchev–Trinajstić information content (AvgIpc) is 2.29. The van der Waals surface area contributed by atoms with Crippen molar-refractivity contribution in [3.05, 3.63) is 29.8 Å². The van der Waals surface area contributed by atoms with Crippen LogP contribution >= 0.6 is 0 Å². The molecule has 2 rings (SSSR count). The van der Waals surface area contributed by atoms with Crippen molar-refractivity contribution >= 4 is 5.91 Å². The Balaban J connectivity index is 1.94. The second-order valence-corrected chi connectivity index (χ2v) is 4.62. The van der Waals surface area contributed by atoms with Crippen LogP contribution in [0.1, 0.15) is 23.2 Å². The fourth-order valence-electron chi connectivity index (χ4n) is 2.17. The summed E-state index contributed by atoms with van der Waals surface area (Å²) in [6.07, 6.45) is 2.16. The third-order valence-electron chi connectivity index (χ3n) is 3.09. The summed E-state index contributed by atoms with van der Waals surface area (Å²) in [6.45, 7) is 2.01. The highest BCUT2D eigenvalue weighted by Crippen LogP contribution is 2.12. The number of rotatable bonds is 2. The molecule has 0 saturated carbocycles. The van der Waals surface area contributed by atoms with Crippen molar-refractivity contribution in [3.8, 4) is 5.75 Å². The lowest BCUT2D eigenvalue weighted by molar-refractivity contribution is 0.0912. The first-order chi connectivity index (χ1) is 8.15. The number of hydrogen-bond donors (Lipinski definition) is 2. The molecule has 4 nitrogen and oxygen atoms in total. The second-order valence-electron chi connectivity index (χ2n) is 4.62. The summed E-state index contributed by atoms with van der Waals surface area (Å²) in [6, 6.07) is 6.56. The van der Waals surface area contributed by atoms with Gasteiger partial charge in [-0.05, 0) is 50.7 Å². The zero-order valence-corrected chi connectivity index (χ0v) is 10.0. The maximum absolute atomic E-state index is 11.9. The number of amides is 1. The fourth-order valence-corrected chi connectivity index (χ4v) is 2.17. The van der Waals surface area contributed by atoms with Crippen LogP contribution in [0.25, 0.3) is 0 Å². The van der Waals surface area contributed by atoms with Gasteiger partial charge in [-0.3, -0.25) is 4.79 Å². The number of piperidine rings is 1. The highest BCUT2D eigenvalue weighted by molar-refractivity contribution is 5.94. The number of aromatic hydroxyl groups is 1. The number of benzene rings is 1. The zero-order chi connectivity index (χ0) is 12.3. The molecule has 1 amide bonds. The first kappa shape index (κ1) is 11.9. The molecule has 2 N–H and O–H groups in total. The SMILES string of the molecule is CN1CCCC(NC(=O)c2ccc(O)cc2)C1. The number of likely N-dealkylation sites (N-methyl/N-ethyl adjacent to an activating group) is 1. The molecule has 4 heteroatoms. The fraction of sp³-hybridized carbons (Fsp3) is 0.462. The van der Waals surface area contributed by atoms with Crippen LogP contribution in [0, 0.1) is 0 Å². The van der Waals surface area contributed by atoms with Crippen LogP contribution in [0.15, 0.2) is 24.3 Å². The topological polar surface area (TPSA) is 52.6 Å². The Hall–Kier alpha value is -1.55. The molecule has 1 saturated heterocycles. The van der Waals surface area contributed by atoms with Gasteiger partial charge in [0.15, 0.2) is 0 Å². The monoisotopic (exact) mass is 234 g/mol. The molecule has 1 unspecified atom stereocenters. The molecule has 0 bridgehead atoms. The Kier molecular flexibility index (Phi) is 3.64. The quantitative estimate of drug-likeness (QED) is 0.809. The number of nitrogens with one attached hydrogen (secondary N) is 1. The van der Waals surface area contributed by atoms with E-state index in [4.69, 9.17) is 5.11 Å². The number of carbonyl (C=O) groups is 1. The summed E-state index contributed by atoms with van der Waals surface area (Å²) in [5.74, 6) is 0.115. The lowest BCUT2D eigenvalue weighted by Crippen LogP contribution is -2.46. The van der Waals surface area contributed by atoms with Gasteiger partial charge in [0.25, 0.3) is 5.91 Å². The van der Waals surface area contributed by atoms with Crippen molar-refractivity contribution in [2.24, 2.45) is 0 Å². The average molecular weight is 234 g/mol. The van der Waals surface area contributed by atoms with Gasteiger partial charge in [-0.25, -0.2) is 0 Å². The van der Waals surface area contributed by atoms with Crippen LogP contribution in [0.4, 0.5) is 0 Å². The molecule has 0 radical (unpaired) electrons. The van der Waals surface area contributed by atoms with E-state index < -0.39 is 0 Å². The molecule has 0 spiro atoms. The molecule has 0 aromatic heterocycles. The lowest BCUT2D eigenvalue weighted by Gasteiger charge is -2.30. The Morgan fingerprint density at radius 2 is 2.12 bits per heavy atom. The first-order valence-electron chi connectivity index (χ1n) is 5.93. The van der Waals surface area contributed by atoms with Crippen LogP contribution in [-0.2, 0) is 0 Å². The summed E-state index contributed by atoms with van der Waals surface area (Å²) in [5.41, 5.74) is 0.594. The smallest absolute Gasteiger partial charge is 0.251 e. The summed E-state index contributed by atoms with van der Waals surface area (Å²) in [5, 5.41) is 12.2. The van der Waals surface area contributed by atoms with Gasteiger partial charge in [0, 0.05) is 18.2 Å². The number of phenolic OH excluding ortho intramolecular Hbond substituents is 1. The Morgan fingerprint density at radius 3 is 2.76 bits per heavy atom. The van der Waals surface area contributed by atoms with Crippen LogP contribution in [0.2, 0.25) is 0 Å². The maximum Gasteiger partial charge on any atom is 0.251 e. The zero-order valence-electron chi connectivity index (χ0n) is 10.0. The number of phenols is 1. The van der Waals surface area contributed by atoms with Crippen molar-refractivity contribution in [2.45, 2.75) is 18.9 Å². The molecule has 1 atom stereocenters. The van der Waals surface area contributed by atoms with Gasteiger partial charge < -0.3 is 15.3 Å². The Labute approximate surface area is 101 Å². The predicted octanol–water partition coefficient (Wildman–Crippen LogP) is 1.22. The number of carbonyl (C=O) groups excluding carboxylic acids is 1. The van der Waals surface area contributed by atoms with E-state index in [-0.39, 0.29) is 17.7 Å². The minimum Gasteiger partial charge on any atom is -0.508 e. The highest BCUT2D eigenvalue weighted by atomic mass is 16.3. The molecular weight excluding hydrogens is 216 g/mol. The molecule has 1 aliphatic heterocycles. The molecule has 0 aliphatic carbocycles. The number of nitrogens with zero attached hydrogens (tertiary/aromatic N) is 1. The van der Waals surface area contributed by atoms with Crippen molar-refractivity contribution in [3.63, 3.8) is 0 Å². The van der Waals surface area contributed by atoms with Crippen LogP contribution in [0.3, 0.4) is 0 Å². The van der Waals surface area contributed by atoms with Crippen molar-refractivity contribution < 1.29 is 9.90 Å². The van der Waals surface area contributed by atoms with E-state index in [2.05, 4.69) is 17.3 Å². The van der Waals surface area contributed by atoms with E-state index in [1.165, 1.54) is 12.1 Å². The Morgan fingerprint density at radius 1 is 1.41 bits per heavy atom. The normalized spacial score (nSPS) is 21.1. The van der Waals surface area contributed by atoms with Crippen molar-refractivity contribution in [2.75, 3.05) is 20.1 Å².